The van der Waals surface area contributed by atoms with Crippen LogP contribution in [0.25, 0.3) is 0 Å². The van der Waals surface area contributed by atoms with E-state index in [0.717, 1.165) is 0 Å². The molecule has 2 rings (SSSR count). The number of esters is 1. The molecule has 0 saturated heterocycles. The first-order valence-corrected chi connectivity index (χ1v) is 6.34. The van der Waals surface area contributed by atoms with Gasteiger partial charge in [-0.05, 0) is 30.7 Å². The number of hydrogen-bond donors (Lipinski definition) is 2. The van der Waals surface area contributed by atoms with Crippen LogP contribution < -0.4 is 5.32 Å². The van der Waals surface area contributed by atoms with Crippen LogP contribution in [0.1, 0.15) is 17.3 Å². The minimum Gasteiger partial charge on any atom is -0.507 e. The average Bonchev–Trinajstić information content (AvgIpc) is 2.46. The molecule has 1 aliphatic rings. The summed E-state index contributed by atoms with van der Waals surface area (Å²) in [6.07, 6.45) is 4.54. The maximum Gasteiger partial charge on any atom is 0.344 e. The fraction of sp³-hybridized carbons (Fsp3) is 0.214. The second-order valence-electron chi connectivity index (χ2n) is 4.71. The van der Waals surface area contributed by atoms with Crippen LogP contribution in [0.4, 0.5) is 0 Å². The van der Waals surface area contributed by atoms with Crippen molar-refractivity contribution in [3.63, 3.8) is 0 Å². The molecule has 1 atom stereocenters. The van der Waals surface area contributed by atoms with Gasteiger partial charge in [-0.1, -0.05) is 18.2 Å². The Kier molecular flexibility index (Phi) is 4.31. The lowest BCUT2D eigenvalue weighted by Gasteiger charge is -2.29. The molecule has 1 aromatic rings. The number of rotatable bonds is 5. The molecule has 1 heterocycles. The van der Waals surface area contributed by atoms with Gasteiger partial charge in [-0.15, -0.1) is 10.1 Å². The van der Waals surface area contributed by atoms with Gasteiger partial charge in [0.2, 0.25) is 5.72 Å². The molecule has 0 radical (unpaired) electrons. The van der Waals surface area contributed by atoms with Crippen LogP contribution in [-0.4, -0.2) is 28.5 Å². The molecule has 0 amide bonds. The van der Waals surface area contributed by atoms with Crippen molar-refractivity contribution in [1.29, 1.82) is 0 Å². The topological polar surface area (TPSA) is 111 Å². The van der Waals surface area contributed by atoms with Gasteiger partial charge in [0.25, 0.3) is 5.09 Å². The molecule has 1 unspecified atom stereocenters. The molecule has 8 heteroatoms. The van der Waals surface area contributed by atoms with Crippen molar-refractivity contribution in [1.82, 2.24) is 5.32 Å². The van der Waals surface area contributed by atoms with E-state index in [2.05, 4.69) is 10.2 Å². The fourth-order valence-corrected chi connectivity index (χ4v) is 1.77. The Labute approximate surface area is 125 Å². The Bertz CT molecular complexity index is 654. The third kappa shape index (κ3) is 3.75. The number of phenolic OH excluding ortho intramolecular Hbond substituents is 1. The minimum atomic E-state index is -1.13. The van der Waals surface area contributed by atoms with Crippen LogP contribution in [0.3, 0.4) is 0 Å². The van der Waals surface area contributed by atoms with Gasteiger partial charge in [0.1, 0.15) is 17.9 Å². The summed E-state index contributed by atoms with van der Waals surface area (Å²) < 4.78 is 5.30. The van der Waals surface area contributed by atoms with Gasteiger partial charge >= 0.3 is 5.97 Å². The number of nitrogens with zero attached hydrogens (tertiary/aromatic N) is 1. The Balaban J connectivity index is 2.00. The molecule has 22 heavy (non-hydrogen) atoms. The first kappa shape index (κ1) is 15.4. The molecule has 0 fully saturated rings. The lowest BCUT2D eigenvalue weighted by Crippen LogP contribution is -2.43. The molecule has 116 valence electrons. The van der Waals surface area contributed by atoms with Crippen molar-refractivity contribution in [3.05, 3.63) is 63.9 Å². The van der Waals surface area contributed by atoms with Gasteiger partial charge in [-0.3, -0.25) is 0 Å². The highest BCUT2D eigenvalue weighted by atomic mass is 16.9. The van der Waals surface area contributed by atoms with Gasteiger partial charge in [0.15, 0.2) is 0 Å². The van der Waals surface area contributed by atoms with E-state index >= 15 is 0 Å². The van der Waals surface area contributed by atoms with Gasteiger partial charge < -0.3 is 20.0 Å². The van der Waals surface area contributed by atoms with Gasteiger partial charge in [0.05, 0.1) is 0 Å². The van der Waals surface area contributed by atoms with E-state index in [4.69, 9.17) is 4.74 Å². The van der Waals surface area contributed by atoms with E-state index in [-0.39, 0.29) is 17.9 Å². The molecule has 8 nitrogen and oxygen atoms in total. The lowest BCUT2D eigenvalue weighted by molar-refractivity contribution is -0.755. The molecule has 1 aliphatic heterocycles. The zero-order chi connectivity index (χ0) is 16.2. The maximum atomic E-state index is 12.0. The number of para-hydroxylation sites is 1. The van der Waals surface area contributed by atoms with Crippen molar-refractivity contribution in [2.24, 2.45) is 0 Å². The maximum absolute atomic E-state index is 12.0. The summed E-state index contributed by atoms with van der Waals surface area (Å²) in [5.74, 6) is -0.873. The molecule has 0 aromatic heterocycles. The second-order valence-corrected chi connectivity index (χ2v) is 4.71. The van der Waals surface area contributed by atoms with Crippen LogP contribution in [-0.2, 0) is 9.57 Å². The van der Waals surface area contributed by atoms with E-state index < -0.39 is 16.8 Å². The second kappa shape index (κ2) is 6.17. The molecule has 2 N–H and O–H groups in total. The summed E-state index contributed by atoms with van der Waals surface area (Å²) in [6.45, 7) is 1.39. The van der Waals surface area contributed by atoms with Gasteiger partial charge in [-0.25, -0.2) is 4.79 Å². The van der Waals surface area contributed by atoms with Gasteiger partial charge in [-0.2, -0.15) is 0 Å². The predicted octanol–water partition coefficient (Wildman–Crippen LogP) is 1.52. The Morgan fingerprint density at radius 2 is 2.18 bits per heavy atom. The van der Waals surface area contributed by atoms with Crippen molar-refractivity contribution in [2.45, 2.75) is 12.6 Å². The average molecular weight is 306 g/mol. The quantitative estimate of drug-likeness (QED) is 0.482. The highest BCUT2D eigenvalue weighted by Gasteiger charge is 2.28. The Morgan fingerprint density at radius 1 is 1.45 bits per heavy atom. The van der Waals surface area contributed by atoms with Crippen molar-refractivity contribution in [3.8, 4) is 5.75 Å². The minimum absolute atomic E-state index is 0.0467. The number of nitrogens with one attached hydrogen (secondary N) is 1. The van der Waals surface area contributed by atoms with Crippen LogP contribution in [0.5, 0.6) is 5.75 Å². The summed E-state index contributed by atoms with van der Waals surface area (Å²) in [5.41, 5.74) is -0.560. The van der Waals surface area contributed by atoms with E-state index in [1.807, 2.05) is 0 Å². The summed E-state index contributed by atoms with van der Waals surface area (Å²) >= 11 is 0. The summed E-state index contributed by atoms with van der Waals surface area (Å²) in [4.78, 5) is 26.4. The van der Waals surface area contributed by atoms with Crippen molar-refractivity contribution in [2.75, 3.05) is 6.61 Å². The molecule has 0 aliphatic carbocycles. The Morgan fingerprint density at radius 3 is 2.77 bits per heavy atom. The number of carbonyl (C=O) groups is 1. The van der Waals surface area contributed by atoms with Crippen LogP contribution in [0.2, 0.25) is 0 Å². The largest absolute Gasteiger partial charge is 0.507 e. The third-order valence-corrected chi connectivity index (χ3v) is 2.92. The standard InChI is InChI=1S/C14H14N2O6/c1-14(7-6-10(8-15-14)9-21-16(19)20)22-13(18)11-4-2-3-5-12(11)17/h2-8,15,17H,9H2,1H3. The fourth-order valence-electron chi connectivity index (χ4n) is 1.77. The number of ether oxygens (including phenoxy) is 1. The van der Waals surface area contributed by atoms with Crippen molar-refractivity contribution < 1.29 is 24.6 Å². The zero-order valence-electron chi connectivity index (χ0n) is 11.7. The lowest BCUT2D eigenvalue weighted by atomic mass is 10.1. The van der Waals surface area contributed by atoms with E-state index in [1.54, 1.807) is 25.1 Å². The first-order valence-electron chi connectivity index (χ1n) is 6.34. The monoisotopic (exact) mass is 306 g/mol. The van der Waals surface area contributed by atoms with Crippen LogP contribution in [0.15, 0.2) is 48.2 Å². The van der Waals surface area contributed by atoms with Crippen molar-refractivity contribution >= 4 is 5.97 Å². The SMILES string of the molecule is CC1(OC(=O)c2ccccc2O)C=CC(CO[N+](=O)[O-])=CN1. The smallest absolute Gasteiger partial charge is 0.344 e. The number of aromatic hydroxyl groups is 1. The number of hydrogen-bond acceptors (Lipinski definition) is 7. The molecular weight excluding hydrogens is 292 g/mol. The number of benzene rings is 1. The van der Waals surface area contributed by atoms with E-state index in [1.165, 1.54) is 24.4 Å². The zero-order valence-corrected chi connectivity index (χ0v) is 11.7. The van der Waals surface area contributed by atoms with E-state index in [9.17, 15) is 20.0 Å². The predicted molar refractivity (Wildman–Crippen MR) is 75.2 cm³/mol. The first-order chi connectivity index (χ1) is 10.4. The number of phenols is 1. The molecule has 0 bridgehead atoms. The molecule has 0 saturated carbocycles. The van der Waals surface area contributed by atoms with Gasteiger partial charge in [0, 0.05) is 6.20 Å². The molecule has 1 aromatic carbocycles. The summed E-state index contributed by atoms with van der Waals surface area (Å²) in [5, 5.41) is 21.7. The van der Waals surface area contributed by atoms with Crippen LogP contribution >= 0.6 is 0 Å². The van der Waals surface area contributed by atoms with Crippen LogP contribution in [0, 0.1) is 10.1 Å². The highest BCUT2D eigenvalue weighted by Crippen LogP contribution is 2.22. The third-order valence-electron chi connectivity index (χ3n) is 2.92. The normalized spacial score (nSPS) is 19.8. The summed E-state index contributed by atoms with van der Waals surface area (Å²) in [6, 6.07) is 6.03. The van der Waals surface area contributed by atoms with E-state index in [0.29, 0.717) is 5.57 Å². The molecular formula is C14H14N2O6. The molecule has 0 spiro atoms. The Hall–Kier alpha value is -3.03. The highest BCUT2D eigenvalue weighted by molar-refractivity contribution is 5.92. The summed E-state index contributed by atoms with van der Waals surface area (Å²) in [7, 11) is 0. The number of carbonyl (C=O) groups excluding carboxylic acids is 1. The number of dihydropyridines is 1.